The van der Waals surface area contributed by atoms with Gasteiger partial charge in [0.1, 0.15) is 19.3 Å². The molecule has 0 fully saturated rings. The third-order valence-corrected chi connectivity index (χ3v) is 19.1. The van der Waals surface area contributed by atoms with Crippen LogP contribution in [0.2, 0.25) is 0 Å². The van der Waals surface area contributed by atoms with Crippen molar-refractivity contribution < 1.29 is 80.2 Å². The molecule has 0 bridgehead atoms. The number of hydrogen-bond acceptors (Lipinski definition) is 15. The number of ether oxygens (including phenoxy) is 4. The van der Waals surface area contributed by atoms with Gasteiger partial charge in [-0.3, -0.25) is 37.3 Å². The molecular formula is C74H144O17P2. The molecule has 0 aliphatic heterocycles. The Labute approximate surface area is 568 Å². The topological polar surface area (TPSA) is 237 Å². The Morgan fingerprint density at radius 1 is 0.290 bits per heavy atom. The molecule has 552 valence electrons. The Morgan fingerprint density at radius 2 is 0.495 bits per heavy atom. The van der Waals surface area contributed by atoms with Gasteiger partial charge in [-0.25, -0.2) is 9.13 Å². The Kier molecular flexibility index (Phi) is 64.6. The van der Waals surface area contributed by atoms with Crippen molar-refractivity contribution in [3.8, 4) is 0 Å². The Balaban J connectivity index is 5.25. The van der Waals surface area contributed by atoms with Gasteiger partial charge in [0.15, 0.2) is 12.2 Å². The Hall–Kier alpha value is -1.94. The van der Waals surface area contributed by atoms with Gasteiger partial charge in [-0.05, 0) is 37.5 Å². The molecule has 5 atom stereocenters. The first-order valence-electron chi connectivity index (χ1n) is 38.5. The highest BCUT2D eigenvalue weighted by Crippen LogP contribution is 2.45. The quantitative estimate of drug-likeness (QED) is 0.0222. The summed E-state index contributed by atoms with van der Waals surface area (Å²) in [4.78, 5) is 72.7. The van der Waals surface area contributed by atoms with Gasteiger partial charge in [0.2, 0.25) is 0 Å². The fourth-order valence-corrected chi connectivity index (χ4v) is 12.9. The monoisotopic (exact) mass is 1370 g/mol. The maximum absolute atomic E-state index is 13.1. The molecule has 0 saturated heterocycles. The first kappa shape index (κ1) is 91.1. The molecule has 0 saturated carbocycles. The van der Waals surface area contributed by atoms with E-state index in [0.717, 1.165) is 102 Å². The summed E-state index contributed by atoms with van der Waals surface area (Å²) in [7, 11) is -9.91. The summed E-state index contributed by atoms with van der Waals surface area (Å²) in [6.07, 6.45) is 52.6. The number of esters is 4. The minimum Gasteiger partial charge on any atom is -0.462 e. The van der Waals surface area contributed by atoms with Gasteiger partial charge in [-0.1, -0.05) is 330 Å². The molecule has 0 rings (SSSR count). The van der Waals surface area contributed by atoms with E-state index >= 15 is 0 Å². The highest BCUT2D eigenvalue weighted by Gasteiger charge is 2.30. The lowest BCUT2D eigenvalue weighted by atomic mass is 10.0. The van der Waals surface area contributed by atoms with Crippen LogP contribution in [0.4, 0.5) is 0 Å². The van der Waals surface area contributed by atoms with E-state index in [2.05, 4.69) is 41.5 Å². The van der Waals surface area contributed by atoms with E-state index in [1.54, 1.807) is 0 Å². The largest absolute Gasteiger partial charge is 0.472 e. The van der Waals surface area contributed by atoms with Crippen LogP contribution in [0.3, 0.4) is 0 Å². The van der Waals surface area contributed by atoms with Crippen LogP contribution in [0.5, 0.6) is 0 Å². The van der Waals surface area contributed by atoms with Gasteiger partial charge in [0.05, 0.1) is 26.4 Å². The van der Waals surface area contributed by atoms with Crippen LogP contribution < -0.4 is 0 Å². The van der Waals surface area contributed by atoms with E-state index in [0.29, 0.717) is 25.7 Å². The predicted molar refractivity (Wildman–Crippen MR) is 377 cm³/mol. The summed E-state index contributed by atoms with van der Waals surface area (Å²) in [6.45, 7) is 9.57. The van der Waals surface area contributed by atoms with Gasteiger partial charge in [-0.2, -0.15) is 0 Å². The maximum Gasteiger partial charge on any atom is 0.472 e. The normalized spacial score (nSPS) is 14.1. The second kappa shape index (κ2) is 66.0. The summed E-state index contributed by atoms with van der Waals surface area (Å²) < 4.78 is 68.5. The van der Waals surface area contributed by atoms with E-state index < -0.39 is 97.5 Å². The van der Waals surface area contributed by atoms with E-state index in [-0.39, 0.29) is 25.7 Å². The number of phosphoric ester groups is 2. The van der Waals surface area contributed by atoms with Crippen LogP contribution in [0.15, 0.2) is 0 Å². The number of aliphatic hydroxyl groups is 1. The molecule has 0 heterocycles. The molecule has 0 aromatic carbocycles. The molecule has 0 aliphatic rings. The van der Waals surface area contributed by atoms with E-state index in [9.17, 15) is 43.2 Å². The first-order valence-corrected chi connectivity index (χ1v) is 41.5. The highest BCUT2D eigenvalue weighted by molar-refractivity contribution is 7.47. The van der Waals surface area contributed by atoms with Crippen molar-refractivity contribution in [2.75, 3.05) is 39.6 Å². The number of carbonyl (C=O) groups excluding carboxylic acids is 4. The maximum atomic E-state index is 13.1. The zero-order valence-corrected chi connectivity index (χ0v) is 62.3. The fraction of sp³-hybridized carbons (Fsp3) is 0.946. The Morgan fingerprint density at radius 3 is 0.731 bits per heavy atom. The molecule has 19 heteroatoms. The molecule has 0 amide bonds. The number of phosphoric acid groups is 2. The second-order valence-electron chi connectivity index (χ2n) is 27.6. The van der Waals surface area contributed by atoms with Crippen molar-refractivity contribution in [1.82, 2.24) is 0 Å². The molecule has 0 aliphatic carbocycles. The number of aliphatic hydroxyl groups excluding tert-OH is 1. The standard InChI is InChI=1S/C74H144O17P2/c1-7-9-11-13-15-17-19-20-21-22-23-26-34-40-46-52-58-73(78)90-70(63-85-72(77)57-51-45-39-33-27-24-25-30-36-42-48-54-66(3)4)65-89-93(82,83)87-61-68(75)60-86-92(80,81)88-64-69(62-84-71(76)56-50-44-38-32-18-16-14-12-10-8-2)91-74(79)59-53-47-41-35-29-28-31-37-43-49-55-67(5)6/h66-70,75H,7-65H2,1-6H3,(H,80,81)(H,82,83)/t68-,69+,70+/m0/s1. The molecule has 3 N–H and O–H groups in total. The summed E-state index contributed by atoms with van der Waals surface area (Å²) in [6, 6.07) is 0. The number of carbonyl (C=O) groups is 4. The molecule has 0 spiro atoms. The van der Waals surface area contributed by atoms with E-state index in [1.807, 2.05) is 0 Å². The third-order valence-electron chi connectivity index (χ3n) is 17.2. The zero-order chi connectivity index (χ0) is 68.6. The molecule has 93 heavy (non-hydrogen) atoms. The lowest BCUT2D eigenvalue weighted by Gasteiger charge is -2.21. The van der Waals surface area contributed by atoms with E-state index in [1.165, 1.54) is 199 Å². The Bertz CT molecular complexity index is 1800. The number of hydrogen-bond donors (Lipinski definition) is 3. The first-order chi connectivity index (χ1) is 44.9. The molecule has 0 radical (unpaired) electrons. The van der Waals surface area contributed by atoms with Gasteiger partial charge in [0, 0.05) is 25.7 Å². The van der Waals surface area contributed by atoms with Crippen molar-refractivity contribution in [3.05, 3.63) is 0 Å². The van der Waals surface area contributed by atoms with Crippen LogP contribution in [0.1, 0.15) is 382 Å². The van der Waals surface area contributed by atoms with Crippen molar-refractivity contribution >= 4 is 39.5 Å². The summed E-state index contributed by atoms with van der Waals surface area (Å²) in [5, 5.41) is 10.6. The average molecular weight is 1370 g/mol. The second-order valence-corrected chi connectivity index (χ2v) is 30.5. The summed E-state index contributed by atoms with van der Waals surface area (Å²) >= 11 is 0. The minimum atomic E-state index is -4.96. The summed E-state index contributed by atoms with van der Waals surface area (Å²) in [5.41, 5.74) is 0. The molecule has 0 aromatic rings. The predicted octanol–water partition coefficient (Wildman–Crippen LogP) is 21.6. The van der Waals surface area contributed by atoms with Gasteiger partial charge in [0.25, 0.3) is 0 Å². The highest BCUT2D eigenvalue weighted by atomic mass is 31.2. The van der Waals surface area contributed by atoms with Crippen molar-refractivity contribution in [1.29, 1.82) is 0 Å². The van der Waals surface area contributed by atoms with Crippen molar-refractivity contribution in [2.24, 2.45) is 11.8 Å². The smallest absolute Gasteiger partial charge is 0.462 e. The zero-order valence-electron chi connectivity index (χ0n) is 60.6. The van der Waals surface area contributed by atoms with Crippen LogP contribution in [-0.4, -0.2) is 96.7 Å². The lowest BCUT2D eigenvalue weighted by Crippen LogP contribution is -2.30. The lowest BCUT2D eigenvalue weighted by molar-refractivity contribution is -0.161. The van der Waals surface area contributed by atoms with Gasteiger partial charge >= 0.3 is 39.5 Å². The fourth-order valence-electron chi connectivity index (χ4n) is 11.3. The molecule has 2 unspecified atom stereocenters. The summed E-state index contributed by atoms with van der Waals surface area (Å²) in [5.74, 6) is -0.594. The average Bonchev–Trinajstić information content (AvgIpc) is 2.75. The molecule has 17 nitrogen and oxygen atoms in total. The van der Waals surface area contributed by atoms with Crippen molar-refractivity contribution in [3.63, 3.8) is 0 Å². The van der Waals surface area contributed by atoms with Crippen LogP contribution in [0.25, 0.3) is 0 Å². The third kappa shape index (κ3) is 68.4. The molecule has 0 aromatic heterocycles. The van der Waals surface area contributed by atoms with Crippen molar-refractivity contribution in [2.45, 2.75) is 400 Å². The van der Waals surface area contributed by atoms with E-state index in [4.69, 9.17) is 37.0 Å². The SMILES string of the molecule is CCCCCCCCCCCCCCCCCCC(=O)O[C@H](COC(=O)CCCCCCCCCCCCCC(C)C)COP(=O)(O)OC[C@@H](O)COP(=O)(O)OC[C@@H](COC(=O)CCCCCCCCCCCC)OC(=O)CCCCCCCCCCCCC(C)C. The van der Waals surface area contributed by atoms with Gasteiger partial charge < -0.3 is 33.8 Å². The number of rotatable bonds is 73. The van der Waals surface area contributed by atoms with Crippen LogP contribution >= 0.6 is 15.6 Å². The van der Waals surface area contributed by atoms with Crippen LogP contribution in [0, 0.1) is 11.8 Å². The van der Waals surface area contributed by atoms with Crippen LogP contribution in [-0.2, 0) is 65.4 Å². The van der Waals surface area contributed by atoms with Gasteiger partial charge in [-0.15, -0.1) is 0 Å². The number of unbranched alkanes of at least 4 members (excludes halogenated alkanes) is 43. The molecular weight excluding hydrogens is 1220 g/mol. The minimum absolute atomic E-state index is 0.106.